The Balaban J connectivity index is 0.993. The van der Waals surface area contributed by atoms with Crippen molar-refractivity contribution in [3.63, 3.8) is 0 Å². The zero-order valence-corrected chi connectivity index (χ0v) is 24.9. The van der Waals surface area contributed by atoms with Crippen LogP contribution in [-0.2, 0) is 6.54 Å². The van der Waals surface area contributed by atoms with Crippen LogP contribution in [0.1, 0.15) is 57.7 Å². The molecule has 3 heterocycles. The summed E-state index contributed by atoms with van der Waals surface area (Å²) < 4.78 is 17.2. The van der Waals surface area contributed by atoms with Crippen LogP contribution in [0.4, 0.5) is 0 Å². The number of likely N-dealkylation sites (tertiary alicyclic amines) is 2. The van der Waals surface area contributed by atoms with Crippen molar-refractivity contribution >= 4 is 22.8 Å². The van der Waals surface area contributed by atoms with Gasteiger partial charge in [-0.2, -0.15) is 0 Å². The number of nitrogens with zero attached hydrogens (tertiary/aromatic N) is 2. The number of hydrogen-bond acceptors (Lipinski definition) is 6. The fourth-order valence-corrected chi connectivity index (χ4v) is 5.94. The highest BCUT2D eigenvalue weighted by atomic mass is 16.5. The maximum Gasteiger partial charge on any atom is 0.287 e. The lowest BCUT2D eigenvalue weighted by Crippen LogP contribution is -2.44. The van der Waals surface area contributed by atoms with Crippen LogP contribution in [0.3, 0.4) is 0 Å². The Labute approximate surface area is 252 Å². The summed E-state index contributed by atoms with van der Waals surface area (Å²) in [4.78, 5) is 30.6. The minimum atomic E-state index is -0.215. The molecular formula is C35H39N3O5. The van der Waals surface area contributed by atoms with E-state index in [1.165, 1.54) is 11.1 Å². The third-order valence-electron chi connectivity index (χ3n) is 8.53. The van der Waals surface area contributed by atoms with E-state index >= 15 is 0 Å². The highest BCUT2D eigenvalue weighted by molar-refractivity contribution is 6.00. The number of carbonyl (C=O) groups is 2. The Morgan fingerprint density at radius 2 is 1.56 bits per heavy atom. The van der Waals surface area contributed by atoms with Crippen LogP contribution >= 0.6 is 0 Å². The van der Waals surface area contributed by atoms with Gasteiger partial charge in [-0.1, -0.05) is 29.8 Å². The van der Waals surface area contributed by atoms with Crippen LogP contribution in [0, 0.1) is 6.92 Å². The van der Waals surface area contributed by atoms with Gasteiger partial charge in [0.1, 0.15) is 23.2 Å². The number of furan rings is 1. The Kier molecular flexibility index (Phi) is 8.65. The van der Waals surface area contributed by atoms with E-state index in [4.69, 9.17) is 13.9 Å². The molecule has 2 fully saturated rings. The first-order valence-electron chi connectivity index (χ1n) is 15.2. The Bertz CT molecular complexity index is 1550. The molecule has 1 aromatic heterocycles. The maximum absolute atomic E-state index is 13.3. The fourth-order valence-electron chi connectivity index (χ4n) is 5.94. The van der Waals surface area contributed by atoms with Crippen molar-refractivity contribution in [2.75, 3.05) is 33.3 Å². The van der Waals surface area contributed by atoms with Gasteiger partial charge in [0, 0.05) is 62.6 Å². The average Bonchev–Trinajstić information content (AvgIpc) is 3.47. The lowest BCUT2D eigenvalue weighted by Gasteiger charge is -2.32. The zero-order valence-electron chi connectivity index (χ0n) is 24.9. The van der Waals surface area contributed by atoms with E-state index in [9.17, 15) is 9.59 Å². The summed E-state index contributed by atoms with van der Waals surface area (Å²) in [6, 6.07) is 23.5. The minimum Gasteiger partial charge on any atom is -0.497 e. The molecule has 0 bridgehead atoms. The van der Waals surface area contributed by atoms with Crippen LogP contribution in [0.15, 0.2) is 77.2 Å². The number of methoxy groups -OCH3 is 1. The predicted molar refractivity (Wildman–Crippen MR) is 166 cm³/mol. The topological polar surface area (TPSA) is 84.2 Å². The van der Waals surface area contributed by atoms with Gasteiger partial charge in [0.25, 0.3) is 11.8 Å². The van der Waals surface area contributed by atoms with Crippen molar-refractivity contribution in [1.82, 2.24) is 15.1 Å². The van der Waals surface area contributed by atoms with Gasteiger partial charge in [0.05, 0.1) is 7.11 Å². The molecule has 8 heteroatoms. The van der Waals surface area contributed by atoms with Crippen LogP contribution in [0.5, 0.6) is 11.5 Å². The van der Waals surface area contributed by atoms with Gasteiger partial charge in [-0.3, -0.25) is 14.5 Å². The van der Waals surface area contributed by atoms with Crippen molar-refractivity contribution < 1.29 is 23.5 Å². The number of aryl methyl sites for hydroxylation is 1. The third kappa shape index (κ3) is 7.03. The van der Waals surface area contributed by atoms with E-state index in [1.54, 1.807) is 25.3 Å². The number of piperidine rings is 2. The molecule has 2 aliphatic heterocycles. The molecular weight excluding hydrogens is 542 g/mol. The van der Waals surface area contributed by atoms with E-state index in [1.807, 2.05) is 47.4 Å². The molecule has 2 aliphatic rings. The number of nitrogens with one attached hydrogen (secondary N) is 1. The summed E-state index contributed by atoms with van der Waals surface area (Å²) in [6.45, 7) is 6.06. The highest BCUT2D eigenvalue weighted by Gasteiger charge is 2.26. The summed E-state index contributed by atoms with van der Waals surface area (Å²) in [5.41, 5.74) is 3.65. The molecule has 0 atom stereocenters. The third-order valence-corrected chi connectivity index (χ3v) is 8.53. The molecule has 43 heavy (non-hydrogen) atoms. The first-order valence-corrected chi connectivity index (χ1v) is 15.2. The van der Waals surface area contributed by atoms with Crippen LogP contribution in [-0.4, -0.2) is 67.0 Å². The molecule has 1 N–H and O–H groups in total. The van der Waals surface area contributed by atoms with E-state index in [0.29, 0.717) is 24.2 Å². The normalized spacial score (nSPS) is 16.7. The first-order chi connectivity index (χ1) is 20.9. The van der Waals surface area contributed by atoms with Gasteiger partial charge < -0.3 is 24.1 Å². The summed E-state index contributed by atoms with van der Waals surface area (Å²) >= 11 is 0. The summed E-state index contributed by atoms with van der Waals surface area (Å²) in [7, 11) is 1.67. The van der Waals surface area contributed by atoms with E-state index < -0.39 is 0 Å². The molecule has 6 rings (SSSR count). The summed E-state index contributed by atoms with van der Waals surface area (Å²) in [5, 5.41) is 3.90. The summed E-state index contributed by atoms with van der Waals surface area (Å²) in [6.07, 6.45) is 3.45. The summed E-state index contributed by atoms with van der Waals surface area (Å²) in [5.74, 6) is 1.78. The first kappa shape index (κ1) is 28.8. The second-order valence-electron chi connectivity index (χ2n) is 11.7. The van der Waals surface area contributed by atoms with E-state index in [2.05, 4.69) is 29.3 Å². The average molecular weight is 582 g/mol. The Hall–Kier alpha value is -4.30. The number of rotatable bonds is 8. The SMILES string of the molecule is COc1ccc(CN2CCC(NC(=O)c3cc4cc(C(=O)N5CCC(Oc6ccc(C)cc6)CC5)ccc4o3)CC2)cc1. The Morgan fingerprint density at radius 3 is 2.26 bits per heavy atom. The zero-order chi connectivity index (χ0) is 29.8. The Morgan fingerprint density at radius 1 is 0.860 bits per heavy atom. The van der Waals surface area contributed by atoms with Crippen molar-refractivity contribution in [1.29, 1.82) is 0 Å². The number of carbonyl (C=O) groups excluding carboxylic acids is 2. The molecule has 0 saturated carbocycles. The van der Waals surface area contributed by atoms with E-state index in [-0.39, 0.29) is 29.7 Å². The monoisotopic (exact) mass is 581 g/mol. The lowest BCUT2D eigenvalue weighted by molar-refractivity contribution is 0.0595. The van der Waals surface area contributed by atoms with Crippen LogP contribution < -0.4 is 14.8 Å². The molecule has 4 aromatic rings. The van der Waals surface area contributed by atoms with Crippen molar-refractivity contribution in [3.05, 3.63) is 95.2 Å². The number of fused-ring (bicyclic) bond motifs is 1. The quantitative estimate of drug-likeness (QED) is 0.282. The predicted octanol–water partition coefficient (Wildman–Crippen LogP) is 5.83. The molecule has 8 nitrogen and oxygen atoms in total. The molecule has 0 radical (unpaired) electrons. The smallest absolute Gasteiger partial charge is 0.287 e. The second kappa shape index (κ2) is 12.9. The lowest BCUT2D eigenvalue weighted by atomic mass is 10.0. The minimum absolute atomic E-state index is 0.00992. The van der Waals surface area contributed by atoms with Gasteiger partial charge in [-0.25, -0.2) is 0 Å². The number of ether oxygens (including phenoxy) is 2. The van der Waals surface area contributed by atoms with Crippen LogP contribution in [0.25, 0.3) is 11.0 Å². The van der Waals surface area contributed by atoms with Crippen molar-refractivity contribution in [2.45, 2.75) is 51.3 Å². The largest absolute Gasteiger partial charge is 0.497 e. The number of hydrogen-bond donors (Lipinski definition) is 1. The van der Waals surface area contributed by atoms with Crippen molar-refractivity contribution in [2.24, 2.45) is 0 Å². The molecule has 2 amide bonds. The second-order valence-corrected chi connectivity index (χ2v) is 11.7. The van der Waals surface area contributed by atoms with Gasteiger partial charge in [0.15, 0.2) is 5.76 Å². The van der Waals surface area contributed by atoms with Crippen molar-refractivity contribution in [3.8, 4) is 11.5 Å². The molecule has 0 spiro atoms. The maximum atomic E-state index is 13.3. The molecule has 0 aliphatic carbocycles. The van der Waals surface area contributed by atoms with E-state index in [0.717, 1.165) is 62.2 Å². The fraction of sp³-hybridized carbons (Fsp3) is 0.371. The van der Waals surface area contributed by atoms with Crippen LogP contribution in [0.2, 0.25) is 0 Å². The molecule has 224 valence electrons. The number of amides is 2. The van der Waals surface area contributed by atoms with Gasteiger partial charge in [0.2, 0.25) is 0 Å². The highest BCUT2D eigenvalue weighted by Crippen LogP contribution is 2.25. The number of benzene rings is 3. The molecule has 0 unspecified atom stereocenters. The van der Waals surface area contributed by atoms with Gasteiger partial charge in [-0.05, 0) is 73.9 Å². The molecule has 2 saturated heterocycles. The molecule has 3 aromatic carbocycles. The standard InChI is InChI=1S/C35H39N3O5/c1-24-3-8-30(9-4-24)42-31-15-19-38(20-16-31)35(40)26-7-12-32-27(21-26)22-33(43-32)34(39)36-28-13-17-37(18-14-28)23-25-5-10-29(41-2)11-6-25/h3-12,21-22,28,31H,13-20,23H2,1-2H3,(H,36,39). The van der Waals surface area contributed by atoms with Gasteiger partial charge in [-0.15, -0.1) is 0 Å². The van der Waals surface area contributed by atoms with Gasteiger partial charge >= 0.3 is 0 Å².